The summed E-state index contributed by atoms with van der Waals surface area (Å²) in [6, 6.07) is 11.1. The number of methoxy groups -OCH3 is 2. The third kappa shape index (κ3) is 5.33. The molecule has 0 unspecified atom stereocenters. The fourth-order valence-electron chi connectivity index (χ4n) is 4.40. The Morgan fingerprint density at radius 3 is 2.46 bits per heavy atom. The summed E-state index contributed by atoms with van der Waals surface area (Å²) in [7, 11) is 4.75. The molecule has 0 radical (unpaired) electrons. The Labute approximate surface area is 218 Å². The van der Waals surface area contributed by atoms with E-state index in [1.807, 2.05) is 38.2 Å². The number of rotatable bonds is 10. The van der Waals surface area contributed by atoms with Gasteiger partial charge in [-0.25, -0.2) is 4.79 Å². The van der Waals surface area contributed by atoms with E-state index in [0.29, 0.717) is 39.4 Å². The van der Waals surface area contributed by atoms with Crippen LogP contribution in [0.4, 0.5) is 0 Å². The number of hydrogen-bond acceptors (Lipinski definition) is 6. The summed E-state index contributed by atoms with van der Waals surface area (Å²) in [5, 5.41) is 15.6. The second kappa shape index (κ2) is 11.1. The maximum Gasteiger partial charge on any atom is 0.352 e. The number of aromatic carboxylic acids is 1. The van der Waals surface area contributed by atoms with Gasteiger partial charge in [0.25, 0.3) is 0 Å². The molecule has 0 saturated heterocycles. The zero-order chi connectivity index (χ0) is 26.7. The van der Waals surface area contributed by atoms with Gasteiger partial charge in [-0.1, -0.05) is 29.8 Å². The van der Waals surface area contributed by atoms with Crippen LogP contribution >= 0.6 is 11.6 Å². The molecule has 37 heavy (non-hydrogen) atoms. The topological polar surface area (TPSA) is 116 Å². The molecule has 10 heteroatoms. The summed E-state index contributed by atoms with van der Waals surface area (Å²) in [6.45, 7) is 2.52. The standard InChI is InChI=1S/C27H28ClN3O6/c1-15-23(21(30-31(15)2)14-37-13-16-5-7-17(35-3)8-6-16)24-20(28)11-9-18-19(10-12-22(32)36-4)26(27(33)34)29-25(18)24/h5-9,11,29H,10,12-14H2,1-4H3,(H,33,34). The third-order valence-corrected chi connectivity index (χ3v) is 6.69. The third-order valence-electron chi connectivity index (χ3n) is 6.38. The number of carbonyl (C=O) groups is 2. The van der Waals surface area contributed by atoms with E-state index >= 15 is 0 Å². The van der Waals surface area contributed by atoms with Crippen LogP contribution < -0.4 is 4.74 Å². The second-order valence-corrected chi connectivity index (χ2v) is 8.98. The lowest BCUT2D eigenvalue weighted by Crippen LogP contribution is -2.05. The van der Waals surface area contributed by atoms with Crippen LogP contribution in [0, 0.1) is 6.92 Å². The highest BCUT2D eigenvalue weighted by Gasteiger charge is 2.25. The van der Waals surface area contributed by atoms with Crippen LogP contribution in [-0.2, 0) is 41.0 Å². The second-order valence-electron chi connectivity index (χ2n) is 8.58. The number of benzene rings is 2. The van der Waals surface area contributed by atoms with Crippen molar-refractivity contribution in [1.82, 2.24) is 14.8 Å². The van der Waals surface area contributed by atoms with Gasteiger partial charge >= 0.3 is 11.9 Å². The first kappa shape index (κ1) is 26.2. The van der Waals surface area contributed by atoms with Crippen LogP contribution in [0.15, 0.2) is 36.4 Å². The number of carboxylic acids is 1. The summed E-state index contributed by atoms with van der Waals surface area (Å²) in [5.41, 5.74) is 5.01. The summed E-state index contributed by atoms with van der Waals surface area (Å²) in [4.78, 5) is 26.9. The predicted octanol–water partition coefficient (Wildman–Crippen LogP) is 5.06. The molecule has 2 heterocycles. The van der Waals surface area contributed by atoms with Gasteiger partial charge < -0.3 is 24.3 Å². The maximum absolute atomic E-state index is 12.1. The van der Waals surface area contributed by atoms with Gasteiger partial charge in [0.2, 0.25) is 0 Å². The zero-order valence-corrected chi connectivity index (χ0v) is 21.8. The first-order valence-corrected chi connectivity index (χ1v) is 12.0. The molecule has 9 nitrogen and oxygen atoms in total. The number of H-pyrrole nitrogens is 1. The molecule has 0 aliphatic rings. The molecular weight excluding hydrogens is 498 g/mol. The lowest BCUT2D eigenvalue weighted by molar-refractivity contribution is -0.140. The summed E-state index contributed by atoms with van der Waals surface area (Å²) >= 11 is 6.71. The highest BCUT2D eigenvalue weighted by molar-refractivity contribution is 6.35. The Kier molecular flexibility index (Phi) is 7.85. The van der Waals surface area contributed by atoms with E-state index in [-0.39, 0.29) is 25.1 Å². The Balaban J connectivity index is 1.73. The van der Waals surface area contributed by atoms with E-state index in [1.165, 1.54) is 7.11 Å². The summed E-state index contributed by atoms with van der Waals surface area (Å²) < 4.78 is 17.7. The first-order valence-electron chi connectivity index (χ1n) is 11.6. The number of aromatic amines is 1. The Morgan fingerprint density at radius 1 is 1.08 bits per heavy atom. The number of aromatic nitrogens is 3. The van der Waals surface area contributed by atoms with Crippen molar-refractivity contribution in [2.24, 2.45) is 7.05 Å². The van der Waals surface area contributed by atoms with Gasteiger partial charge in [0.05, 0.1) is 43.7 Å². The number of halogens is 1. The maximum atomic E-state index is 12.1. The van der Waals surface area contributed by atoms with Gasteiger partial charge in [-0.05, 0) is 42.7 Å². The summed E-state index contributed by atoms with van der Waals surface area (Å²) in [6.07, 6.45) is 0.261. The molecular formula is C27H28ClN3O6. The molecule has 2 aromatic heterocycles. The molecule has 0 spiro atoms. The Bertz CT molecular complexity index is 1460. The number of carboxylic acid groups (broad SMARTS) is 1. The number of nitrogens with one attached hydrogen (secondary N) is 1. The van der Waals surface area contributed by atoms with E-state index in [4.69, 9.17) is 25.8 Å². The Hall–Kier alpha value is -3.82. The molecule has 2 aromatic carbocycles. The fraction of sp³-hybridized carbons (Fsp3) is 0.296. The first-order chi connectivity index (χ1) is 17.7. The highest BCUT2D eigenvalue weighted by Crippen LogP contribution is 2.40. The molecule has 4 aromatic rings. The van der Waals surface area contributed by atoms with E-state index < -0.39 is 11.9 Å². The number of fused-ring (bicyclic) bond motifs is 1. The van der Waals surface area contributed by atoms with E-state index in [0.717, 1.165) is 22.6 Å². The van der Waals surface area contributed by atoms with Crippen LogP contribution in [-0.4, -0.2) is 46.0 Å². The molecule has 0 aliphatic heterocycles. The monoisotopic (exact) mass is 525 g/mol. The normalized spacial score (nSPS) is 11.2. The Morgan fingerprint density at radius 2 is 1.81 bits per heavy atom. The molecule has 194 valence electrons. The largest absolute Gasteiger partial charge is 0.497 e. The highest BCUT2D eigenvalue weighted by atomic mass is 35.5. The van der Waals surface area contributed by atoms with Gasteiger partial charge in [0.1, 0.15) is 11.4 Å². The lowest BCUT2D eigenvalue weighted by Gasteiger charge is -2.10. The number of nitrogens with zero attached hydrogens (tertiary/aromatic N) is 2. The average molecular weight is 526 g/mol. The van der Waals surface area contributed by atoms with E-state index in [1.54, 1.807) is 23.9 Å². The molecule has 0 bridgehead atoms. The molecule has 0 atom stereocenters. The van der Waals surface area contributed by atoms with E-state index in [2.05, 4.69) is 10.1 Å². The van der Waals surface area contributed by atoms with Crippen molar-refractivity contribution in [3.63, 3.8) is 0 Å². The van der Waals surface area contributed by atoms with Crippen molar-refractivity contribution in [2.75, 3.05) is 14.2 Å². The van der Waals surface area contributed by atoms with Gasteiger partial charge in [0.15, 0.2) is 0 Å². The number of ether oxygens (including phenoxy) is 3. The minimum atomic E-state index is -1.12. The lowest BCUT2D eigenvalue weighted by atomic mass is 9.98. The molecule has 0 fully saturated rings. The SMILES string of the molecule is COC(=O)CCc1c(C(=O)O)[nH]c2c(-c3c(COCc4ccc(OC)cc4)nn(C)c3C)c(Cl)ccc12. The summed E-state index contributed by atoms with van der Waals surface area (Å²) in [5.74, 6) is -0.768. The predicted molar refractivity (Wildman–Crippen MR) is 139 cm³/mol. The van der Waals surface area contributed by atoms with Gasteiger partial charge in [-0.2, -0.15) is 5.10 Å². The van der Waals surface area contributed by atoms with Crippen molar-refractivity contribution in [1.29, 1.82) is 0 Å². The van der Waals surface area contributed by atoms with E-state index in [9.17, 15) is 14.7 Å². The van der Waals surface area contributed by atoms with Crippen molar-refractivity contribution < 1.29 is 28.9 Å². The molecule has 0 aliphatic carbocycles. The molecule has 0 amide bonds. The number of hydrogen-bond donors (Lipinski definition) is 2. The molecule has 4 rings (SSSR count). The van der Waals surface area contributed by atoms with Crippen LogP contribution in [0.2, 0.25) is 5.02 Å². The molecule has 0 saturated carbocycles. The average Bonchev–Trinajstić information content (AvgIpc) is 3.40. The minimum absolute atomic E-state index is 0.0151. The van der Waals surface area contributed by atoms with Gasteiger partial charge in [-0.3, -0.25) is 9.48 Å². The van der Waals surface area contributed by atoms with Crippen molar-refractivity contribution in [3.8, 4) is 16.9 Å². The van der Waals surface area contributed by atoms with Gasteiger partial charge in [-0.15, -0.1) is 0 Å². The smallest absolute Gasteiger partial charge is 0.352 e. The number of esters is 1. The van der Waals surface area contributed by atoms with Gasteiger partial charge in [0, 0.05) is 35.7 Å². The van der Waals surface area contributed by atoms with Crippen molar-refractivity contribution in [3.05, 3.63) is 69.6 Å². The fourth-order valence-corrected chi connectivity index (χ4v) is 4.65. The van der Waals surface area contributed by atoms with Crippen LogP contribution in [0.25, 0.3) is 22.0 Å². The molecule has 2 N–H and O–H groups in total. The quantitative estimate of drug-likeness (QED) is 0.278. The number of carbonyl (C=O) groups excluding carboxylic acids is 1. The van der Waals surface area contributed by atoms with Crippen LogP contribution in [0.3, 0.4) is 0 Å². The minimum Gasteiger partial charge on any atom is -0.497 e. The number of aryl methyl sites for hydroxylation is 2. The van der Waals surface area contributed by atoms with Crippen LogP contribution in [0.5, 0.6) is 5.75 Å². The van der Waals surface area contributed by atoms with Crippen LogP contribution in [0.1, 0.15) is 39.4 Å². The van der Waals surface area contributed by atoms with Crippen molar-refractivity contribution >= 4 is 34.4 Å². The van der Waals surface area contributed by atoms with Crippen molar-refractivity contribution in [2.45, 2.75) is 33.0 Å². The zero-order valence-electron chi connectivity index (χ0n) is 21.1.